The van der Waals surface area contributed by atoms with Crippen LogP contribution in [0.15, 0.2) is 35.2 Å². The highest BCUT2D eigenvalue weighted by Gasteiger charge is 2.28. The summed E-state index contributed by atoms with van der Waals surface area (Å²) in [6.07, 6.45) is 3.41. The maximum absolute atomic E-state index is 12.2. The van der Waals surface area contributed by atoms with E-state index in [0.717, 1.165) is 18.8 Å². The first-order valence-electron chi connectivity index (χ1n) is 6.87. The number of carbonyl (C=O) groups excluding carboxylic acids is 1. The average molecular weight is 262 g/mol. The number of benzene rings is 1. The molecule has 0 aromatic heterocycles. The van der Waals surface area contributed by atoms with Gasteiger partial charge in [0.25, 0.3) is 0 Å². The molecule has 1 fully saturated rings. The summed E-state index contributed by atoms with van der Waals surface area (Å²) in [5, 5.41) is 0. The van der Waals surface area contributed by atoms with Gasteiger partial charge < -0.3 is 0 Å². The van der Waals surface area contributed by atoms with Gasteiger partial charge in [-0.25, -0.2) is 0 Å². The van der Waals surface area contributed by atoms with E-state index in [1.807, 2.05) is 18.2 Å². The Morgan fingerprint density at radius 3 is 2.56 bits per heavy atom. The molecule has 18 heavy (non-hydrogen) atoms. The SMILES string of the molecule is CC1CCC(C(=O)CSc2ccccc2)CC1C. The van der Waals surface area contributed by atoms with Crippen LogP contribution in [0.4, 0.5) is 0 Å². The second-order valence-electron chi connectivity index (χ2n) is 5.53. The van der Waals surface area contributed by atoms with Crippen LogP contribution < -0.4 is 0 Å². The highest BCUT2D eigenvalue weighted by atomic mass is 32.2. The van der Waals surface area contributed by atoms with Crippen molar-refractivity contribution in [2.75, 3.05) is 5.75 Å². The van der Waals surface area contributed by atoms with Gasteiger partial charge in [0, 0.05) is 10.8 Å². The largest absolute Gasteiger partial charge is 0.298 e. The monoisotopic (exact) mass is 262 g/mol. The second kappa shape index (κ2) is 6.42. The fourth-order valence-corrected chi connectivity index (χ4v) is 3.52. The molecule has 1 nitrogen and oxygen atoms in total. The highest BCUT2D eigenvalue weighted by Crippen LogP contribution is 2.34. The van der Waals surface area contributed by atoms with Gasteiger partial charge in [0.1, 0.15) is 5.78 Å². The molecule has 2 heteroatoms. The molecule has 0 amide bonds. The second-order valence-corrected chi connectivity index (χ2v) is 6.58. The Hall–Kier alpha value is -0.760. The third kappa shape index (κ3) is 3.61. The average Bonchev–Trinajstić information content (AvgIpc) is 2.40. The van der Waals surface area contributed by atoms with Crippen molar-refractivity contribution in [2.45, 2.75) is 38.0 Å². The first-order valence-corrected chi connectivity index (χ1v) is 7.86. The van der Waals surface area contributed by atoms with Crippen LogP contribution in [-0.2, 0) is 4.79 Å². The predicted molar refractivity (Wildman–Crippen MR) is 77.8 cm³/mol. The van der Waals surface area contributed by atoms with Crippen LogP contribution in [-0.4, -0.2) is 11.5 Å². The zero-order chi connectivity index (χ0) is 13.0. The van der Waals surface area contributed by atoms with Gasteiger partial charge in [-0.05, 0) is 43.2 Å². The molecule has 3 unspecified atom stereocenters. The Kier molecular flexibility index (Phi) is 4.87. The van der Waals surface area contributed by atoms with Gasteiger partial charge in [0.2, 0.25) is 0 Å². The van der Waals surface area contributed by atoms with Crippen LogP contribution in [0.1, 0.15) is 33.1 Å². The summed E-state index contributed by atoms with van der Waals surface area (Å²) in [5.74, 6) is 2.88. The molecular formula is C16H22OS. The van der Waals surface area contributed by atoms with Crippen LogP contribution >= 0.6 is 11.8 Å². The van der Waals surface area contributed by atoms with Crippen molar-refractivity contribution in [3.63, 3.8) is 0 Å². The highest BCUT2D eigenvalue weighted by molar-refractivity contribution is 8.00. The lowest BCUT2D eigenvalue weighted by molar-refractivity contribution is -0.122. The van der Waals surface area contributed by atoms with Crippen LogP contribution in [0.25, 0.3) is 0 Å². The predicted octanol–water partition coefficient (Wildman–Crippen LogP) is 4.42. The molecule has 2 rings (SSSR count). The fraction of sp³-hybridized carbons (Fsp3) is 0.562. The minimum atomic E-state index is 0.312. The number of ketones is 1. The number of Topliss-reactive ketones (excluding diaryl/α,β-unsaturated/α-hetero) is 1. The van der Waals surface area contributed by atoms with E-state index in [-0.39, 0.29) is 0 Å². The lowest BCUT2D eigenvalue weighted by Crippen LogP contribution is -2.27. The van der Waals surface area contributed by atoms with E-state index in [1.165, 1.54) is 11.3 Å². The van der Waals surface area contributed by atoms with Gasteiger partial charge in [-0.2, -0.15) is 0 Å². The zero-order valence-corrected chi connectivity index (χ0v) is 12.1. The molecule has 1 aromatic carbocycles. The molecule has 0 aliphatic heterocycles. The fourth-order valence-electron chi connectivity index (χ4n) is 2.63. The molecule has 0 radical (unpaired) electrons. The third-order valence-electron chi connectivity index (χ3n) is 4.18. The van der Waals surface area contributed by atoms with E-state index in [1.54, 1.807) is 11.8 Å². The Morgan fingerprint density at radius 2 is 1.89 bits per heavy atom. The van der Waals surface area contributed by atoms with Gasteiger partial charge in [0.15, 0.2) is 0 Å². The number of hydrogen-bond acceptors (Lipinski definition) is 2. The molecule has 0 saturated heterocycles. The molecule has 1 aliphatic carbocycles. The topological polar surface area (TPSA) is 17.1 Å². The molecule has 1 aromatic rings. The number of hydrogen-bond donors (Lipinski definition) is 0. The van der Waals surface area contributed by atoms with Crippen molar-refractivity contribution < 1.29 is 4.79 Å². The minimum Gasteiger partial charge on any atom is -0.298 e. The Balaban J connectivity index is 1.82. The van der Waals surface area contributed by atoms with Crippen molar-refractivity contribution in [1.82, 2.24) is 0 Å². The van der Waals surface area contributed by atoms with E-state index >= 15 is 0 Å². The van der Waals surface area contributed by atoms with Crippen molar-refractivity contribution >= 4 is 17.5 Å². The standard InChI is InChI=1S/C16H22OS/c1-12-8-9-14(10-13(12)2)16(17)11-18-15-6-4-3-5-7-15/h3-7,12-14H,8-11H2,1-2H3. The lowest BCUT2D eigenvalue weighted by atomic mass is 9.74. The summed E-state index contributed by atoms with van der Waals surface area (Å²) in [4.78, 5) is 13.4. The molecule has 1 aliphatic rings. The molecule has 0 spiro atoms. The van der Waals surface area contributed by atoms with Gasteiger partial charge in [-0.15, -0.1) is 11.8 Å². The molecule has 1 saturated carbocycles. The van der Waals surface area contributed by atoms with Crippen molar-refractivity contribution in [1.29, 1.82) is 0 Å². The third-order valence-corrected chi connectivity index (χ3v) is 5.21. The summed E-state index contributed by atoms with van der Waals surface area (Å²) >= 11 is 1.67. The molecular weight excluding hydrogens is 240 g/mol. The quantitative estimate of drug-likeness (QED) is 0.747. The van der Waals surface area contributed by atoms with E-state index in [4.69, 9.17) is 0 Å². The van der Waals surface area contributed by atoms with Crippen LogP contribution in [0.5, 0.6) is 0 Å². The summed E-state index contributed by atoms with van der Waals surface area (Å²) in [6, 6.07) is 10.2. The summed E-state index contributed by atoms with van der Waals surface area (Å²) in [5.41, 5.74) is 0. The van der Waals surface area contributed by atoms with Gasteiger partial charge in [-0.1, -0.05) is 32.0 Å². The van der Waals surface area contributed by atoms with Crippen LogP contribution in [0.3, 0.4) is 0 Å². The van der Waals surface area contributed by atoms with E-state index in [0.29, 0.717) is 23.4 Å². The lowest BCUT2D eigenvalue weighted by Gasteiger charge is -2.31. The van der Waals surface area contributed by atoms with E-state index in [2.05, 4.69) is 26.0 Å². The van der Waals surface area contributed by atoms with E-state index < -0.39 is 0 Å². The van der Waals surface area contributed by atoms with Crippen LogP contribution in [0.2, 0.25) is 0 Å². The molecule has 0 heterocycles. The van der Waals surface area contributed by atoms with E-state index in [9.17, 15) is 4.79 Å². The molecule has 0 bridgehead atoms. The summed E-state index contributed by atoms with van der Waals surface area (Å²) in [6.45, 7) is 4.60. The van der Waals surface area contributed by atoms with Gasteiger partial charge in [-0.3, -0.25) is 4.79 Å². The zero-order valence-electron chi connectivity index (χ0n) is 11.3. The number of thioether (sulfide) groups is 1. The molecule has 0 N–H and O–H groups in total. The van der Waals surface area contributed by atoms with Crippen LogP contribution in [0, 0.1) is 17.8 Å². The normalized spacial score (nSPS) is 28.0. The van der Waals surface area contributed by atoms with Crippen molar-refractivity contribution in [3.05, 3.63) is 30.3 Å². The summed E-state index contributed by atoms with van der Waals surface area (Å²) < 4.78 is 0. The smallest absolute Gasteiger partial charge is 0.146 e. The number of rotatable bonds is 4. The first-order chi connectivity index (χ1) is 8.66. The molecule has 98 valence electrons. The first kappa shape index (κ1) is 13.7. The van der Waals surface area contributed by atoms with Gasteiger partial charge >= 0.3 is 0 Å². The molecule has 3 atom stereocenters. The summed E-state index contributed by atoms with van der Waals surface area (Å²) in [7, 11) is 0. The van der Waals surface area contributed by atoms with Gasteiger partial charge in [0.05, 0.1) is 5.75 Å². The Morgan fingerprint density at radius 1 is 1.17 bits per heavy atom. The van der Waals surface area contributed by atoms with Crippen molar-refractivity contribution in [3.8, 4) is 0 Å². The minimum absolute atomic E-state index is 0.312. The van der Waals surface area contributed by atoms with Crippen molar-refractivity contribution in [2.24, 2.45) is 17.8 Å². The Labute approximate surface area is 114 Å². The maximum Gasteiger partial charge on any atom is 0.146 e. The Bertz CT molecular complexity index is 387. The number of carbonyl (C=O) groups is 1. The maximum atomic E-state index is 12.2.